The zero-order chi connectivity index (χ0) is 21.4. The molecule has 31 heavy (non-hydrogen) atoms. The first-order valence-electron chi connectivity index (χ1n) is 12.5. The van der Waals surface area contributed by atoms with Crippen molar-refractivity contribution in [2.75, 3.05) is 20.2 Å². The molecule has 2 nitrogen and oxygen atoms in total. The van der Waals surface area contributed by atoms with Gasteiger partial charge in [0, 0.05) is 0 Å². The van der Waals surface area contributed by atoms with Crippen LogP contribution >= 0.6 is 0 Å². The Balaban J connectivity index is 1.34. The number of benzene rings is 2. The molecule has 0 bridgehead atoms. The molecule has 0 radical (unpaired) electrons. The predicted molar refractivity (Wildman–Crippen MR) is 132 cm³/mol. The van der Waals surface area contributed by atoms with E-state index in [4.69, 9.17) is 4.74 Å². The van der Waals surface area contributed by atoms with Gasteiger partial charge in [0.1, 0.15) is 18.9 Å². The van der Waals surface area contributed by atoms with Crippen LogP contribution in [-0.4, -0.2) is 36.8 Å². The number of likely N-dealkylation sites (N-methyl/N-ethyl adjacent to an activating group) is 1. The second-order valence-electron chi connectivity index (χ2n) is 9.82. The molecule has 2 heteroatoms. The molecule has 0 spiro atoms. The van der Waals surface area contributed by atoms with E-state index in [2.05, 4.69) is 73.8 Å². The number of nitrogens with zero attached hydrogens (tertiary/aromatic N) is 1. The Morgan fingerprint density at radius 2 is 1.23 bits per heavy atom. The molecular formula is C29H40NO+. The fourth-order valence-electron chi connectivity index (χ4n) is 5.80. The zero-order valence-electron chi connectivity index (χ0n) is 19.3. The van der Waals surface area contributed by atoms with Crippen molar-refractivity contribution in [1.29, 1.82) is 0 Å². The molecule has 2 aromatic rings. The average molecular weight is 419 g/mol. The van der Waals surface area contributed by atoms with Gasteiger partial charge in [-0.05, 0) is 74.6 Å². The average Bonchev–Trinajstić information content (AvgIpc) is 2.85. The molecule has 2 saturated carbocycles. The van der Waals surface area contributed by atoms with Crippen molar-refractivity contribution in [3.63, 3.8) is 0 Å². The maximum Gasteiger partial charge on any atom is 0.137 e. The highest BCUT2D eigenvalue weighted by molar-refractivity contribution is 5.69. The summed E-state index contributed by atoms with van der Waals surface area (Å²) in [5, 5.41) is 0. The van der Waals surface area contributed by atoms with Gasteiger partial charge in [0.05, 0.1) is 19.1 Å². The fourth-order valence-corrected chi connectivity index (χ4v) is 5.80. The monoisotopic (exact) mass is 418 g/mol. The Morgan fingerprint density at radius 3 is 1.77 bits per heavy atom. The van der Waals surface area contributed by atoms with Crippen molar-refractivity contribution in [2.24, 2.45) is 0 Å². The third-order valence-corrected chi connectivity index (χ3v) is 7.81. The van der Waals surface area contributed by atoms with Crippen LogP contribution in [0.2, 0.25) is 0 Å². The lowest BCUT2D eigenvalue weighted by Gasteiger charge is -2.50. The van der Waals surface area contributed by atoms with Gasteiger partial charge in [-0.15, -0.1) is 0 Å². The molecule has 2 aliphatic carbocycles. The highest BCUT2D eigenvalue weighted by atomic mass is 16.5. The summed E-state index contributed by atoms with van der Waals surface area (Å²) in [5.41, 5.74) is 2.44. The van der Waals surface area contributed by atoms with Crippen molar-refractivity contribution in [3.05, 3.63) is 65.7 Å². The van der Waals surface area contributed by atoms with Gasteiger partial charge in [-0.25, -0.2) is 0 Å². The van der Waals surface area contributed by atoms with Crippen molar-refractivity contribution in [1.82, 2.24) is 0 Å². The number of ether oxygens (including phenoxy) is 1. The maximum atomic E-state index is 6.26. The van der Waals surface area contributed by atoms with Gasteiger partial charge >= 0.3 is 0 Å². The van der Waals surface area contributed by atoms with Crippen LogP contribution in [0.25, 0.3) is 12.2 Å². The summed E-state index contributed by atoms with van der Waals surface area (Å²) in [6.07, 6.45) is 18.5. The third-order valence-electron chi connectivity index (χ3n) is 7.81. The summed E-state index contributed by atoms with van der Waals surface area (Å²) in [6.45, 7) is 1.97. The summed E-state index contributed by atoms with van der Waals surface area (Å²) in [5.74, 6) is 0.996. The van der Waals surface area contributed by atoms with Crippen LogP contribution < -0.4 is 4.74 Å². The van der Waals surface area contributed by atoms with Gasteiger partial charge < -0.3 is 9.22 Å². The lowest BCUT2D eigenvalue weighted by atomic mass is 9.86. The Labute approximate surface area is 189 Å². The molecule has 0 N–H and O–H groups in total. The lowest BCUT2D eigenvalue weighted by Crippen LogP contribution is -2.61. The van der Waals surface area contributed by atoms with Crippen LogP contribution in [-0.2, 0) is 0 Å². The van der Waals surface area contributed by atoms with Crippen LogP contribution in [0.4, 0.5) is 0 Å². The van der Waals surface area contributed by atoms with E-state index in [1.807, 2.05) is 0 Å². The molecule has 0 unspecified atom stereocenters. The highest BCUT2D eigenvalue weighted by Gasteiger charge is 2.40. The molecule has 4 rings (SSSR count). The molecule has 0 aromatic heterocycles. The SMILES string of the molecule is C[N+](CCOc1ccc(/C=C/c2ccccc2)cc1)(C1CCCCC1)C1CCCCC1. The molecule has 0 atom stereocenters. The molecule has 166 valence electrons. The van der Waals surface area contributed by atoms with Crippen LogP contribution in [0, 0.1) is 0 Å². The quantitative estimate of drug-likeness (QED) is 0.322. The highest BCUT2D eigenvalue weighted by Crippen LogP contribution is 2.35. The summed E-state index contributed by atoms with van der Waals surface area (Å²) in [4.78, 5) is 0. The van der Waals surface area contributed by atoms with Crippen molar-refractivity contribution >= 4 is 12.2 Å². The summed E-state index contributed by atoms with van der Waals surface area (Å²) < 4.78 is 7.51. The molecule has 0 amide bonds. The predicted octanol–water partition coefficient (Wildman–Crippen LogP) is 7.35. The van der Waals surface area contributed by atoms with Crippen molar-refractivity contribution in [3.8, 4) is 5.75 Å². The molecule has 0 heterocycles. The lowest BCUT2D eigenvalue weighted by molar-refractivity contribution is -0.958. The van der Waals surface area contributed by atoms with Crippen molar-refractivity contribution in [2.45, 2.75) is 76.3 Å². The second-order valence-corrected chi connectivity index (χ2v) is 9.82. The molecule has 2 aliphatic rings. The van der Waals surface area contributed by atoms with Gasteiger partial charge in [-0.3, -0.25) is 0 Å². The minimum Gasteiger partial charge on any atom is -0.488 e. The molecule has 0 saturated heterocycles. The van der Waals surface area contributed by atoms with Crippen LogP contribution in [0.3, 0.4) is 0 Å². The largest absolute Gasteiger partial charge is 0.488 e. The molecular weight excluding hydrogens is 378 g/mol. The van der Waals surface area contributed by atoms with E-state index in [0.29, 0.717) is 0 Å². The fraction of sp³-hybridized carbons (Fsp3) is 0.517. The van der Waals surface area contributed by atoms with E-state index in [-0.39, 0.29) is 0 Å². The van der Waals surface area contributed by atoms with Crippen LogP contribution in [0.1, 0.15) is 75.3 Å². The molecule has 0 aliphatic heterocycles. The number of rotatable bonds is 8. The summed E-state index contributed by atoms with van der Waals surface area (Å²) in [7, 11) is 2.55. The number of hydrogen-bond donors (Lipinski definition) is 0. The Kier molecular flexibility index (Phi) is 7.86. The van der Waals surface area contributed by atoms with E-state index in [9.17, 15) is 0 Å². The van der Waals surface area contributed by atoms with Gasteiger partial charge in [-0.2, -0.15) is 0 Å². The van der Waals surface area contributed by atoms with Crippen molar-refractivity contribution < 1.29 is 9.22 Å². The second kappa shape index (κ2) is 11.0. The van der Waals surface area contributed by atoms with E-state index in [1.54, 1.807) is 0 Å². The van der Waals surface area contributed by atoms with E-state index in [0.717, 1.165) is 31.0 Å². The van der Waals surface area contributed by atoms with E-state index >= 15 is 0 Å². The minimum atomic E-state index is 0.822. The van der Waals surface area contributed by atoms with Gasteiger partial charge in [0.2, 0.25) is 0 Å². The van der Waals surface area contributed by atoms with Crippen LogP contribution in [0.5, 0.6) is 5.75 Å². The van der Waals surface area contributed by atoms with Gasteiger partial charge in [-0.1, -0.05) is 67.5 Å². The Hall–Kier alpha value is -2.06. The first kappa shape index (κ1) is 22.1. The topological polar surface area (TPSA) is 9.23 Å². The standard InChI is InChI=1S/C29H40NO/c1-30(27-13-7-3-8-14-27,28-15-9-4-10-16-28)23-24-31-29-21-19-26(20-22-29)18-17-25-11-5-2-6-12-25/h2,5-6,11-12,17-22,27-28H,3-4,7-10,13-16,23-24H2,1H3/q+1/b18-17+. The Bertz CT molecular complexity index is 780. The number of hydrogen-bond acceptors (Lipinski definition) is 1. The third kappa shape index (κ3) is 6.01. The van der Waals surface area contributed by atoms with Gasteiger partial charge in [0.25, 0.3) is 0 Å². The minimum absolute atomic E-state index is 0.822. The molecule has 2 aromatic carbocycles. The summed E-state index contributed by atoms with van der Waals surface area (Å²) in [6, 6.07) is 20.7. The van der Waals surface area contributed by atoms with E-state index in [1.165, 1.54) is 79.8 Å². The van der Waals surface area contributed by atoms with E-state index < -0.39 is 0 Å². The normalized spacial score (nSPS) is 19.0. The van der Waals surface area contributed by atoms with Gasteiger partial charge in [0.15, 0.2) is 0 Å². The molecule has 2 fully saturated rings. The maximum absolute atomic E-state index is 6.26. The smallest absolute Gasteiger partial charge is 0.137 e. The van der Waals surface area contributed by atoms with Crippen LogP contribution in [0.15, 0.2) is 54.6 Å². The first-order valence-corrected chi connectivity index (χ1v) is 12.5. The zero-order valence-corrected chi connectivity index (χ0v) is 19.3. The summed E-state index contributed by atoms with van der Waals surface area (Å²) >= 11 is 0. The Morgan fingerprint density at radius 1 is 0.710 bits per heavy atom. The first-order chi connectivity index (χ1) is 15.2. The number of quaternary nitrogens is 1.